The van der Waals surface area contributed by atoms with E-state index in [1.54, 1.807) is 4.90 Å². The molecule has 0 N–H and O–H groups in total. The highest BCUT2D eigenvalue weighted by atomic mass is 35.5. The predicted octanol–water partition coefficient (Wildman–Crippen LogP) is 2.38. The number of carbonyl (C=O) groups is 1. The van der Waals surface area contributed by atoms with Crippen molar-refractivity contribution < 1.29 is 4.79 Å². The minimum Gasteiger partial charge on any atom is -0.341 e. The molecular weight excluding hydrogens is 275 g/mol. The quantitative estimate of drug-likeness (QED) is 0.859. The third kappa shape index (κ3) is 3.14. The van der Waals surface area contributed by atoms with Crippen LogP contribution < -0.4 is 0 Å². The fourth-order valence-corrected chi connectivity index (χ4v) is 2.70. The van der Waals surface area contributed by atoms with Crippen molar-refractivity contribution >= 4 is 29.1 Å². The van der Waals surface area contributed by atoms with E-state index in [2.05, 4.69) is 10.1 Å². The second-order valence-electron chi connectivity index (χ2n) is 4.60. The summed E-state index contributed by atoms with van der Waals surface area (Å²) in [6, 6.07) is 0.337. The Bertz CT molecular complexity index is 429. The number of nitrogens with zero attached hydrogens (tertiary/aromatic N) is 4. The van der Waals surface area contributed by atoms with Crippen LogP contribution in [0.2, 0.25) is 10.6 Å². The van der Waals surface area contributed by atoms with Gasteiger partial charge < -0.3 is 4.90 Å². The van der Waals surface area contributed by atoms with Crippen molar-refractivity contribution in [1.29, 1.82) is 0 Å². The standard InChI is InChI=1S/C11H16Cl2N4O/c1-16(8-5-3-2-4-6-8)9(18)7-17-11(13)14-10(12)15-17/h8H,2-7H2,1H3. The maximum absolute atomic E-state index is 12.1. The van der Waals surface area contributed by atoms with Gasteiger partial charge in [0.25, 0.3) is 0 Å². The molecule has 0 saturated heterocycles. The van der Waals surface area contributed by atoms with Crippen molar-refractivity contribution in [3.63, 3.8) is 0 Å². The molecule has 18 heavy (non-hydrogen) atoms. The molecule has 2 rings (SSSR count). The first-order valence-electron chi connectivity index (χ1n) is 6.09. The lowest BCUT2D eigenvalue weighted by Gasteiger charge is -2.31. The zero-order valence-electron chi connectivity index (χ0n) is 10.3. The van der Waals surface area contributed by atoms with Crippen LogP contribution in [0, 0.1) is 0 Å². The van der Waals surface area contributed by atoms with E-state index in [-0.39, 0.29) is 23.0 Å². The topological polar surface area (TPSA) is 51.0 Å². The summed E-state index contributed by atoms with van der Waals surface area (Å²) in [5, 5.41) is 4.08. The average molecular weight is 291 g/mol. The van der Waals surface area contributed by atoms with Crippen LogP contribution in [0.1, 0.15) is 32.1 Å². The summed E-state index contributed by atoms with van der Waals surface area (Å²) < 4.78 is 1.32. The molecule has 5 nitrogen and oxygen atoms in total. The minimum atomic E-state index is -0.00892. The van der Waals surface area contributed by atoms with Gasteiger partial charge in [0.1, 0.15) is 6.54 Å². The van der Waals surface area contributed by atoms with Gasteiger partial charge in [0.2, 0.25) is 16.5 Å². The van der Waals surface area contributed by atoms with Crippen LogP contribution in [0.15, 0.2) is 0 Å². The molecule has 1 fully saturated rings. The number of amides is 1. The predicted molar refractivity (Wildman–Crippen MR) is 69.7 cm³/mol. The van der Waals surface area contributed by atoms with Crippen molar-refractivity contribution in [3.8, 4) is 0 Å². The summed E-state index contributed by atoms with van der Waals surface area (Å²) in [6.07, 6.45) is 5.81. The van der Waals surface area contributed by atoms with Gasteiger partial charge in [-0.3, -0.25) is 4.79 Å². The van der Waals surface area contributed by atoms with Gasteiger partial charge in [0, 0.05) is 13.1 Å². The molecule has 1 saturated carbocycles. The monoisotopic (exact) mass is 290 g/mol. The molecule has 1 aliphatic rings. The van der Waals surface area contributed by atoms with E-state index in [0.29, 0.717) is 6.04 Å². The van der Waals surface area contributed by atoms with Crippen LogP contribution >= 0.6 is 23.2 Å². The maximum atomic E-state index is 12.1. The molecule has 0 radical (unpaired) electrons. The molecular formula is C11H16Cl2N4O. The Hall–Kier alpha value is -0.810. The molecule has 7 heteroatoms. The Morgan fingerprint density at radius 2 is 2.06 bits per heavy atom. The molecule has 1 aromatic heterocycles. The van der Waals surface area contributed by atoms with Crippen LogP contribution in [0.25, 0.3) is 0 Å². The van der Waals surface area contributed by atoms with Crippen LogP contribution in [0.3, 0.4) is 0 Å². The van der Waals surface area contributed by atoms with Crippen molar-refractivity contribution in [3.05, 3.63) is 10.6 Å². The molecule has 0 bridgehead atoms. The lowest BCUT2D eigenvalue weighted by Crippen LogP contribution is -2.40. The highest BCUT2D eigenvalue weighted by molar-refractivity contribution is 6.31. The van der Waals surface area contributed by atoms with Crippen molar-refractivity contribution in [2.75, 3.05) is 7.05 Å². The molecule has 1 aliphatic carbocycles. The van der Waals surface area contributed by atoms with Crippen LogP contribution in [-0.4, -0.2) is 38.7 Å². The number of hydrogen-bond acceptors (Lipinski definition) is 3. The molecule has 1 heterocycles. The molecule has 1 amide bonds. The summed E-state index contributed by atoms with van der Waals surface area (Å²) in [5.74, 6) is -0.00892. The van der Waals surface area contributed by atoms with Crippen LogP contribution in [0.4, 0.5) is 0 Å². The van der Waals surface area contributed by atoms with Crippen molar-refractivity contribution in [2.24, 2.45) is 0 Å². The van der Waals surface area contributed by atoms with E-state index in [4.69, 9.17) is 23.2 Å². The third-order valence-corrected chi connectivity index (χ3v) is 3.84. The summed E-state index contributed by atoms with van der Waals surface area (Å²) in [7, 11) is 1.84. The van der Waals surface area contributed by atoms with E-state index < -0.39 is 0 Å². The Morgan fingerprint density at radius 1 is 1.39 bits per heavy atom. The number of hydrogen-bond donors (Lipinski definition) is 0. The summed E-state index contributed by atoms with van der Waals surface area (Å²) in [6.45, 7) is 0.0888. The fraction of sp³-hybridized carbons (Fsp3) is 0.727. The van der Waals surface area contributed by atoms with Crippen LogP contribution in [0.5, 0.6) is 0 Å². The Kier molecular flexibility index (Phi) is 4.45. The van der Waals surface area contributed by atoms with E-state index in [9.17, 15) is 4.79 Å². The molecule has 0 aliphatic heterocycles. The SMILES string of the molecule is CN(C(=O)Cn1nc(Cl)nc1Cl)C1CCCCC1. The molecule has 0 spiro atoms. The second kappa shape index (κ2) is 5.89. The van der Waals surface area contributed by atoms with Gasteiger partial charge in [0.05, 0.1) is 0 Å². The molecule has 100 valence electrons. The van der Waals surface area contributed by atoms with Gasteiger partial charge in [-0.15, -0.1) is 5.10 Å². The number of carbonyl (C=O) groups excluding carboxylic acids is 1. The first kappa shape index (κ1) is 13.6. The highest BCUT2D eigenvalue weighted by Crippen LogP contribution is 2.22. The number of rotatable bonds is 3. The van der Waals surface area contributed by atoms with Gasteiger partial charge in [-0.1, -0.05) is 19.3 Å². The van der Waals surface area contributed by atoms with Gasteiger partial charge >= 0.3 is 0 Å². The van der Waals surface area contributed by atoms with Gasteiger partial charge in [-0.2, -0.15) is 4.98 Å². The maximum Gasteiger partial charge on any atom is 0.244 e. The van der Waals surface area contributed by atoms with E-state index in [0.717, 1.165) is 12.8 Å². The number of halogens is 2. The fourth-order valence-electron chi connectivity index (χ4n) is 2.31. The molecule has 0 aromatic carbocycles. The number of likely N-dealkylation sites (N-methyl/N-ethyl adjacent to an activating group) is 1. The smallest absolute Gasteiger partial charge is 0.244 e. The lowest BCUT2D eigenvalue weighted by atomic mass is 9.94. The highest BCUT2D eigenvalue weighted by Gasteiger charge is 2.23. The van der Waals surface area contributed by atoms with E-state index in [1.165, 1.54) is 23.9 Å². The summed E-state index contributed by atoms with van der Waals surface area (Å²) >= 11 is 11.4. The lowest BCUT2D eigenvalue weighted by molar-refractivity contribution is -0.133. The van der Waals surface area contributed by atoms with Gasteiger partial charge in [-0.25, -0.2) is 4.68 Å². The Balaban J connectivity index is 1.96. The normalized spacial score (nSPS) is 16.8. The van der Waals surface area contributed by atoms with Crippen molar-refractivity contribution in [1.82, 2.24) is 19.7 Å². The summed E-state index contributed by atoms with van der Waals surface area (Å²) in [5.41, 5.74) is 0. The van der Waals surface area contributed by atoms with Gasteiger partial charge in [-0.05, 0) is 36.0 Å². The van der Waals surface area contributed by atoms with Crippen molar-refractivity contribution in [2.45, 2.75) is 44.7 Å². The largest absolute Gasteiger partial charge is 0.341 e. The van der Waals surface area contributed by atoms with E-state index >= 15 is 0 Å². The molecule has 0 atom stereocenters. The number of aromatic nitrogens is 3. The third-order valence-electron chi connectivity index (χ3n) is 3.40. The Morgan fingerprint density at radius 3 is 2.61 bits per heavy atom. The van der Waals surface area contributed by atoms with E-state index in [1.807, 2.05) is 7.05 Å². The minimum absolute atomic E-state index is 0.00892. The van der Waals surface area contributed by atoms with Gasteiger partial charge in [0.15, 0.2) is 0 Å². The Labute approximate surface area is 116 Å². The van der Waals surface area contributed by atoms with Crippen LogP contribution in [-0.2, 0) is 11.3 Å². The zero-order chi connectivity index (χ0) is 13.1. The molecule has 0 unspecified atom stereocenters. The average Bonchev–Trinajstić information content (AvgIpc) is 2.68. The summed E-state index contributed by atoms with van der Waals surface area (Å²) in [4.78, 5) is 17.7. The zero-order valence-corrected chi connectivity index (χ0v) is 11.8. The first-order valence-corrected chi connectivity index (χ1v) is 6.85. The second-order valence-corrected chi connectivity index (χ2v) is 5.28. The molecule has 1 aromatic rings. The first-order chi connectivity index (χ1) is 8.58.